The van der Waals surface area contributed by atoms with Crippen LogP contribution in [-0.4, -0.2) is 40.3 Å². The standard InChI is InChI=1S/C31H31FN4O5/c1-3-23-18-36(2)35-28(23)24-14-25(16-26(32)15-24)29(37)33-17-27(30(38)40-19-21-10-6-4-7-11-21)34-31(39)41-20-22-12-8-5-9-13-22/h4-16,18,27H,3,17,19-20H2,1-2H3,(H,33,37)(H,34,39)/t27-/m1/s1. The third kappa shape index (κ3) is 8.25. The van der Waals surface area contributed by atoms with Crippen LogP contribution in [0.5, 0.6) is 0 Å². The third-order valence-electron chi connectivity index (χ3n) is 6.20. The number of benzene rings is 3. The molecule has 4 aromatic rings. The summed E-state index contributed by atoms with van der Waals surface area (Å²) in [6, 6.07) is 20.8. The summed E-state index contributed by atoms with van der Waals surface area (Å²) in [5.41, 5.74) is 3.49. The van der Waals surface area contributed by atoms with Crippen LogP contribution in [0, 0.1) is 5.82 Å². The molecule has 0 saturated carbocycles. The molecule has 0 saturated heterocycles. The Morgan fingerprint density at radius 2 is 1.56 bits per heavy atom. The number of rotatable bonds is 11. The molecule has 2 amide bonds. The van der Waals surface area contributed by atoms with Gasteiger partial charge in [0, 0.05) is 30.9 Å². The highest BCUT2D eigenvalue weighted by atomic mass is 19.1. The molecule has 0 aliphatic rings. The van der Waals surface area contributed by atoms with Gasteiger partial charge in [-0.2, -0.15) is 5.10 Å². The van der Waals surface area contributed by atoms with Crippen LogP contribution in [0.15, 0.2) is 85.1 Å². The zero-order chi connectivity index (χ0) is 29.2. The molecule has 0 spiro atoms. The lowest BCUT2D eigenvalue weighted by atomic mass is 10.0. The average Bonchev–Trinajstić information content (AvgIpc) is 3.38. The molecule has 0 aliphatic carbocycles. The number of nitrogens with one attached hydrogen (secondary N) is 2. The number of ether oxygens (including phenoxy) is 2. The van der Waals surface area contributed by atoms with Gasteiger partial charge in [0.25, 0.3) is 5.91 Å². The van der Waals surface area contributed by atoms with Crippen LogP contribution in [0.3, 0.4) is 0 Å². The molecular weight excluding hydrogens is 527 g/mol. The van der Waals surface area contributed by atoms with Crippen LogP contribution in [0.2, 0.25) is 0 Å². The number of amides is 2. The van der Waals surface area contributed by atoms with E-state index in [2.05, 4.69) is 15.7 Å². The minimum atomic E-state index is -1.26. The minimum Gasteiger partial charge on any atom is -0.459 e. The topological polar surface area (TPSA) is 112 Å². The quantitative estimate of drug-likeness (QED) is 0.261. The molecule has 3 aromatic carbocycles. The fourth-order valence-electron chi connectivity index (χ4n) is 4.12. The van der Waals surface area contributed by atoms with Crippen molar-refractivity contribution in [1.29, 1.82) is 0 Å². The Kier molecular flexibility index (Phi) is 9.82. The number of esters is 1. The Balaban J connectivity index is 1.45. The summed E-state index contributed by atoms with van der Waals surface area (Å²) < 4.78 is 26.8. The normalized spacial score (nSPS) is 11.4. The maximum Gasteiger partial charge on any atom is 0.408 e. The highest BCUT2D eigenvalue weighted by Crippen LogP contribution is 2.24. The Hall–Kier alpha value is -4.99. The first-order valence-corrected chi connectivity index (χ1v) is 13.1. The maximum atomic E-state index is 14.5. The van der Waals surface area contributed by atoms with Crippen molar-refractivity contribution in [2.24, 2.45) is 7.05 Å². The van der Waals surface area contributed by atoms with Crippen LogP contribution >= 0.6 is 0 Å². The molecule has 4 rings (SSSR count). The van der Waals surface area contributed by atoms with E-state index in [0.717, 1.165) is 22.8 Å². The first kappa shape index (κ1) is 29.0. The number of hydrogen-bond donors (Lipinski definition) is 2. The first-order valence-electron chi connectivity index (χ1n) is 13.1. The second kappa shape index (κ2) is 13.9. The summed E-state index contributed by atoms with van der Waals surface area (Å²) in [6.45, 7) is 1.61. The fourth-order valence-corrected chi connectivity index (χ4v) is 4.12. The van der Waals surface area contributed by atoms with Gasteiger partial charge >= 0.3 is 12.1 Å². The molecular formula is C31H31FN4O5. The molecule has 1 atom stereocenters. The van der Waals surface area contributed by atoms with Gasteiger partial charge < -0.3 is 20.1 Å². The van der Waals surface area contributed by atoms with E-state index in [0.29, 0.717) is 17.7 Å². The maximum absolute atomic E-state index is 14.5. The molecule has 0 radical (unpaired) electrons. The van der Waals surface area contributed by atoms with Crippen molar-refractivity contribution in [2.75, 3.05) is 6.54 Å². The van der Waals surface area contributed by atoms with Crippen LogP contribution in [0.25, 0.3) is 11.3 Å². The lowest BCUT2D eigenvalue weighted by molar-refractivity contribution is -0.147. The average molecular weight is 559 g/mol. The van der Waals surface area contributed by atoms with Gasteiger partial charge in [-0.15, -0.1) is 0 Å². The predicted molar refractivity (Wildman–Crippen MR) is 150 cm³/mol. The molecule has 212 valence electrons. The van der Waals surface area contributed by atoms with E-state index in [4.69, 9.17) is 9.47 Å². The van der Waals surface area contributed by atoms with Crippen molar-refractivity contribution in [3.8, 4) is 11.3 Å². The molecule has 1 heterocycles. The number of hydrogen-bond acceptors (Lipinski definition) is 6. The van der Waals surface area contributed by atoms with E-state index in [1.165, 1.54) is 12.1 Å². The fraction of sp³-hybridized carbons (Fsp3) is 0.226. The van der Waals surface area contributed by atoms with E-state index < -0.39 is 29.8 Å². The highest BCUT2D eigenvalue weighted by molar-refractivity contribution is 5.96. The molecule has 9 nitrogen and oxygen atoms in total. The van der Waals surface area contributed by atoms with Crippen molar-refractivity contribution >= 4 is 18.0 Å². The zero-order valence-corrected chi connectivity index (χ0v) is 22.8. The second-order valence-electron chi connectivity index (χ2n) is 9.32. The Bertz CT molecular complexity index is 1490. The van der Waals surface area contributed by atoms with Crippen molar-refractivity contribution in [2.45, 2.75) is 32.6 Å². The third-order valence-corrected chi connectivity index (χ3v) is 6.20. The smallest absolute Gasteiger partial charge is 0.408 e. The van der Waals surface area contributed by atoms with E-state index in [-0.39, 0.29) is 25.3 Å². The largest absolute Gasteiger partial charge is 0.459 e. The van der Waals surface area contributed by atoms with Gasteiger partial charge in [0.05, 0.1) is 5.69 Å². The van der Waals surface area contributed by atoms with Crippen molar-refractivity contribution < 1.29 is 28.2 Å². The SMILES string of the molecule is CCc1cn(C)nc1-c1cc(F)cc(C(=O)NC[C@@H](NC(=O)OCc2ccccc2)C(=O)OCc2ccccc2)c1. The lowest BCUT2D eigenvalue weighted by Gasteiger charge is -2.18. The molecule has 0 fully saturated rings. The summed E-state index contributed by atoms with van der Waals surface area (Å²) in [5, 5.41) is 9.46. The van der Waals surface area contributed by atoms with E-state index in [9.17, 15) is 18.8 Å². The van der Waals surface area contributed by atoms with Gasteiger partial charge in [-0.25, -0.2) is 14.0 Å². The summed E-state index contributed by atoms with van der Waals surface area (Å²) in [4.78, 5) is 38.5. The van der Waals surface area contributed by atoms with Gasteiger partial charge in [-0.1, -0.05) is 67.6 Å². The minimum absolute atomic E-state index is 0.00977. The molecule has 0 unspecified atom stereocenters. The number of aryl methyl sites for hydroxylation is 2. The van der Waals surface area contributed by atoms with Crippen molar-refractivity contribution in [1.82, 2.24) is 20.4 Å². The van der Waals surface area contributed by atoms with Crippen LogP contribution in [0.4, 0.5) is 9.18 Å². The summed E-state index contributed by atoms with van der Waals surface area (Å²) in [6.07, 6.45) is 1.66. The van der Waals surface area contributed by atoms with Gasteiger partial charge in [-0.05, 0) is 41.3 Å². The van der Waals surface area contributed by atoms with Gasteiger partial charge in [0.2, 0.25) is 0 Å². The van der Waals surface area contributed by atoms with E-state index in [1.807, 2.05) is 49.5 Å². The summed E-state index contributed by atoms with van der Waals surface area (Å²) in [5.74, 6) is -2.02. The number of aromatic nitrogens is 2. The predicted octanol–water partition coefficient (Wildman–Crippen LogP) is 4.56. The van der Waals surface area contributed by atoms with Crippen LogP contribution in [-0.2, 0) is 41.0 Å². The molecule has 41 heavy (non-hydrogen) atoms. The van der Waals surface area contributed by atoms with Crippen molar-refractivity contribution in [3.05, 3.63) is 113 Å². The van der Waals surface area contributed by atoms with E-state index in [1.54, 1.807) is 36.0 Å². The summed E-state index contributed by atoms with van der Waals surface area (Å²) >= 11 is 0. The summed E-state index contributed by atoms with van der Waals surface area (Å²) in [7, 11) is 1.77. The Morgan fingerprint density at radius 1 is 0.927 bits per heavy atom. The number of carbonyl (C=O) groups excluding carboxylic acids is 3. The molecule has 10 heteroatoms. The molecule has 2 N–H and O–H groups in total. The zero-order valence-electron chi connectivity index (χ0n) is 22.8. The second-order valence-corrected chi connectivity index (χ2v) is 9.32. The molecule has 1 aromatic heterocycles. The van der Waals surface area contributed by atoms with Gasteiger partial charge in [0.1, 0.15) is 25.1 Å². The Labute approximate surface area is 237 Å². The van der Waals surface area contributed by atoms with Gasteiger partial charge in [0.15, 0.2) is 0 Å². The Morgan fingerprint density at radius 3 is 2.20 bits per heavy atom. The van der Waals surface area contributed by atoms with E-state index >= 15 is 0 Å². The van der Waals surface area contributed by atoms with Crippen LogP contribution in [0.1, 0.15) is 34.0 Å². The lowest BCUT2D eigenvalue weighted by Crippen LogP contribution is -2.49. The number of halogens is 1. The van der Waals surface area contributed by atoms with Gasteiger partial charge in [-0.3, -0.25) is 9.48 Å². The molecule has 0 aliphatic heterocycles. The highest BCUT2D eigenvalue weighted by Gasteiger charge is 2.25. The first-order chi connectivity index (χ1) is 19.8. The number of carbonyl (C=O) groups is 3. The van der Waals surface area contributed by atoms with Crippen molar-refractivity contribution in [3.63, 3.8) is 0 Å². The number of alkyl carbamates (subject to hydrolysis) is 1. The van der Waals surface area contributed by atoms with Crippen LogP contribution < -0.4 is 10.6 Å². The number of nitrogens with zero attached hydrogens (tertiary/aromatic N) is 2. The molecule has 0 bridgehead atoms. The monoisotopic (exact) mass is 558 g/mol.